The molecule has 1 saturated heterocycles. The van der Waals surface area contributed by atoms with Gasteiger partial charge in [-0.05, 0) is 30.3 Å². The van der Waals surface area contributed by atoms with Crippen LogP contribution in [0.15, 0.2) is 72.6 Å². The SMILES string of the molecule is COc1ccccc1C1/C(=C(\O)c2ccncc2)C(=O)C(=O)N1c1ccc2c(c1)OCCO2. The van der Waals surface area contributed by atoms with Gasteiger partial charge >= 0.3 is 0 Å². The maximum absolute atomic E-state index is 13.3. The summed E-state index contributed by atoms with van der Waals surface area (Å²) in [6, 6.07) is 14.4. The number of aliphatic hydroxyl groups excluding tert-OH is 1. The van der Waals surface area contributed by atoms with Crippen LogP contribution in [0.25, 0.3) is 5.76 Å². The molecule has 166 valence electrons. The van der Waals surface area contributed by atoms with Crippen LogP contribution in [0.4, 0.5) is 5.69 Å². The zero-order valence-electron chi connectivity index (χ0n) is 17.7. The number of anilines is 1. The minimum atomic E-state index is -0.920. The lowest BCUT2D eigenvalue weighted by atomic mass is 9.94. The number of fused-ring (bicyclic) bond motifs is 1. The third-order valence-electron chi connectivity index (χ3n) is 5.64. The number of pyridine rings is 1. The Morgan fingerprint density at radius 2 is 1.76 bits per heavy atom. The molecule has 33 heavy (non-hydrogen) atoms. The van der Waals surface area contributed by atoms with Gasteiger partial charge < -0.3 is 19.3 Å². The third kappa shape index (κ3) is 3.45. The maximum atomic E-state index is 13.3. The fraction of sp³-hybridized carbons (Fsp3) is 0.160. The summed E-state index contributed by atoms with van der Waals surface area (Å²) in [4.78, 5) is 31.9. The van der Waals surface area contributed by atoms with Gasteiger partial charge in [-0.3, -0.25) is 19.5 Å². The summed E-state index contributed by atoms with van der Waals surface area (Å²) < 4.78 is 16.8. The first-order valence-electron chi connectivity index (χ1n) is 10.3. The molecule has 1 aromatic heterocycles. The Morgan fingerprint density at radius 1 is 1.03 bits per heavy atom. The van der Waals surface area contributed by atoms with Crippen LogP contribution in [-0.4, -0.2) is 42.1 Å². The zero-order valence-corrected chi connectivity index (χ0v) is 17.7. The van der Waals surface area contributed by atoms with Gasteiger partial charge in [-0.1, -0.05) is 18.2 Å². The molecule has 0 spiro atoms. The number of aliphatic hydroxyl groups is 1. The Kier molecular flexibility index (Phi) is 5.18. The highest BCUT2D eigenvalue weighted by Crippen LogP contribution is 2.46. The summed E-state index contributed by atoms with van der Waals surface area (Å²) in [6.45, 7) is 0.817. The number of benzene rings is 2. The lowest BCUT2D eigenvalue weighted by Crippen LogP contribution is -2.30. The molecule has 3 heterocycles. The molecule has 1 atom stereocenters. The van der Waals surface area contributed by atoms with Crippen molar-refractivity contribution in [3.05, 3.63) is 83.7 Å². The monoisotopic (exact) mass is 444 g/mol. The lowest BCUT2D eigenvalue weighted by Gasteiger charge is -2.28. The van der Waals surface area contributed by atoms with E-state index in [0.29, 0.717) is 47.3 Å². The number of carbonyl (C=O) groups excluding carboxylic acids is 2. The van der Waals surface area contributed by atoms with Crippen LogP contribution in [0, 0.1) is 0 Å². The molecule has 2 aromatic carbocycles. The Morgan fingerprint density at radius 3 is 2.52 bits per heavy atom. The van der Waals surface area contributed by atoms with Crippen molar-refractivity contribution < 1.29 is 28.9 Å². The van der Waals surface area contributed by atoms with Gasteiger partial charge in [-0.25, -0.2) is 0 Å². The molecule has 0 radical (unpaired) electrons. The number of Topliss-reactive ketones (excluding diaryl/α,β-unsaturated/α-hetero) is 1. The van der Waals surface area contributed by atoms with E-state index < -0.39 is 17.7 Å². The summed E-state index contributed by atoms with van der Waals surface area (Å²) in [5.41, 5.74) is 1.34. The summed E-state index contributed by atoms with van der Waals surface area (Å²) in [6.07, 6.45) is 3.01. The largest absolute Gasteiger partial charge is 0.507 e. The number of rotatable bonds is 4. The van der Waals surface area contributed by atoms with Gasteiger partial charge in [0.05, 0.1) is 18.7 Å². The Balaban J connectivity index is 1.73. The van der Waals surface area contributed by atoms with Crippen molar-refractivity contribution >= 4 is 23.1 Å². The number of methoxy groups -OCH3 is 1. The van der Waals surface area contributed by atoms with Gasteiger partial charge in [0.25, 0.3) is 11.7 Å². The van der Waals surface area contributed by atoms with Gasteiger partial charge in [0.15, 0.2) is 11.5 Å². The number of amides is 1. The number of hydrogen-bond donors (Lipinski definition) is 1. The Hall–Kier alpha value is -4.33. The number of hydrogen-bond acceptors (Lipinski definition) is 7. The molecule has 0 saturated carbocycles. The number of para-hydroxylation sites is 1. The molecule has 1 fully saturated rings. The van der Waals surface area contributed by atoms with E-state index in [1.807, 2.05) is 0 Å². The van der Waals surface area contributed by atoms with E-state index in [9.17, 15) is 14.7 Å². The van der Waals surface area contributed by atoms with Gasteiger partial charge in [0.2, 0.25) is 0 Å². The van der Waals surface area contributed by atoms with Crippen molar-refractivity contribution in [2.75, 3.05) is 25.2 Å². The second-order valence-electron chi connectivity index (χ2n) is 7.47. The average molecular weight is 444 g/mol. The van der Waals surface area contributed by atoms with Gasteiger partial charge in [0.1, 0.15) is 24.7 Å². The van der Waals surface area contributed by atoms with Gasteiger partial charge in [-0.15, -0.1) is 0 Å². The summed E-state index contributed by atoms with van der Waals surface area (Å²) >= 11 is 0. The molecule has 1 N–H and O–H groups in total. The molecular weight excluding hydrogens is 424 g/mol. The van der Waals surface area contributed by atoms with Crippen LogP contribution in [0.5, 0.6) is 17.2 Å². The van der Waals surface area contributed by atoms with E-state index in [1.54, 1.807) is 54.6 Å². The minimum absolute atomic E-state index is 0.0365. The first-order chi connectivity index (χ1) is 16.1. The predicted molar refractivity (Wildman–Crippen MR) is 119 cm³/mol. The van der Waals surface area contributed by atoms with E-state index in [1.165, 1.54) is 24.4 Å². The molecular formula is C25H20N2O6. The zero-order chi connectivity index (χ0) is 22.9. The first kappa shape index (κ1) is 20.6. The molecule has 2 aliphatic heterocycles. The highest BCUT2D eigenvalue weighted by atomic mass is 16.6. The highest BCUT2D eigenvalue weighted by Gasteiger charge is 2.48. The van der Waals surface area contributed by atoms with Crippen molar-refractivity contribution in [2.24, 2.45) is 0 Å². The van der Waals surface area contributed by atoms with Gasteiger partial charge in [-0.2, -0.15) is 0 Å². The van der Waals surface area contributed by atoms with Crippen LogP contribution in [0.1, 0.15) is 17.2 Å². The average Bonchev–Trinajstić information content (AvgIpc) is 3.13. The standard InChI is InChI=1S/C25H20N2O6/c1-31-18-5-3-2-4-17(18)22-21(23(28)15-8-10-26-11-9-15)24(29)25(30)27(22)16-6-7-19-20(14-16)33-13-12-32-19/h2-11,14,22,28H,12-13H2,1H3/b23-21+. The third-order valence-corrected chi connectivity index (χ3v) is 5.64. The van der Waals surface area contributed by atoms with Crippen LogP contribution in [0.2, 0.25) is 0 Å². The molecule has 1 unspecified atom stereocenters. The fourth-order valence-corrected chi connectivity index (χ4v) is 4.13. The van der Waals surface area contributed by atoms with Crippen molar-refractivity contribution in [1.29, 1.82) is 0 Å². The Bertz CT molecular complexity index is 1270. The summed E-state index contributed by atoms with van der Waals surface area (Å²) in [7, 11) is 1.51. The molecule has 3 aromatic rings. The van der Waals surface area contributed by atoms with E-state index in [0.717, 1.165) is 0 Å². The predicted octanol–water partition coefficient (Wildman–Crippen LogP) is 3.49. The van der Waals surface area contributed by atoms with E-state index in [-0.39, 0.29) is 11.3 Å². The van der Waals surface area contributed by atoms with E-state index >= 15 is 0 Å². The smallest absolute Gasteiger partial charge is 0.300 e. The second kappa shape index (κ2) is 8.31. The first-order valence-corrected chi connectivity index (χ1v) is 10.3. The van der Waals surface area contributed by atoms with Crippen LogP contribution < -0.4 is 19.1 Å². The van der Waals surface area contributed by atoms with Gasteiger partial charge in [0, 0.05) is 35.3 Å². The number of ketones is 1. The Labute approximate surface area is 189 Å². The van der Waals surface area contributed by atoms with Crippen molar-refractivity contribution in [1.82, 2.24) is 4.98 Å². The molecule has 0 bridgehead atoms. The number of ether oxygens (including phenoxy) is 3. The van der Waals surface area contributed by atoms with Crippen molar-refractivity contribution in [2.45, 2.75) is 6.04 Å². The lowest BCUT2D eigenvalue weighted by molar-refractivity contribution is -0.132. The number of aromatic nitrogens is 1. The number of nitrogens with zero attached hydrogens (tertiary/aromatic N) is 2. The summed E-state index contributed by atoms with van der Waals surface area (Å²) in [5, 5.41) is 11.1. The quantitative estimate of drug-likeness (QED) is 0.374. The normalized spacial score (nSPS) is 18.9. The number of carbonyl (C=O) groups is 2. The second-order valence-corrected chi connectivity index (χ2v) is 7.47. The fourth-order valence-electron chi connectivity index (χ4n) is 4.13. The van der Waals surface area contributed by atoms with Crippen molar-refractivity contribution in [3.8, 4) is 17.2 Å². The maximum Gasteiger partial charge on any atom is 0.300 e. The minimum Gasteiger partial charge on any atom is -0.507 e. The highest BCUT2D eigenvalue weighted by molar-refractivity contribution is 6.51. The molecule has 2 aliphatic rings. The van der Waals surface area contributed by atoms with Crippen molar-refractivity contribution in [3.63, 3.8) is 0 Å². The van der Waals surface area contributed by atoms with Crippen LogP contribution in [-0.2, 0) is 9.59 Å². The van der Waals surface area contributed by atoms with Crippen LogP contribution in [0.3, 0.4) is 0 Å². The molecule has 0 aliphatic carbocycles. The summed E-state index contributed by atoms with van der Waals surface area (Å²) in [5.74, 6) is -0.326. The van der Waals surface area contributed by atoms with E-state index in [4.69, 9.17) is 14.2 Å². The molecule has 5 rings (SSSR count). The van der Waals surface area contributed by atoms with Crippen LogP contribution >= 0.6 is 0 Å². The topological polar surface area (TPSA) is 98.2 Å². The molecule has 8 heteroatoms. The van der Waals surface area contributed by atoms with E-state index in [2.05, 4.69) is 4.98 Å². The molecule has 1 amide bonds. The molecule has 8 nitrogen and oxygen atoms in total.